The SMILES string of the molecule is COc1c(/C(C)=C/C(=O)N2CCN(C)CC2)cc2c(-c3ccc(C)cc3C)coc2c1C. The van der Waals surface area contributed by atoms with E-state index < -0.39 is 0 Å². The molecule has 2 aromatic carbocycles. The monoisotopic (exact) mass is 432 g/mol. The zero-order chi connectivity index (χ0) is 23.0. The Labute approximate surface area is 190 Å². The molecule has 0 atom stereocenters. The van der Waals surface area contributed by atoms with E-state index in [1.807, 2.05) is 25.0 Å². The Morgan fingerprint density at radius 1 is 1.06 bits per heavy atom. The van der Waals surface area contributed by atoms with Gasteiger partial charge in [-0.3, -0.25) is 4.79 Å². The number of carbonyl (C=O) groups excluding carboxylic acids is 1. The molecular weight excluding hydrogens is 400 g/mol. The van der Waals surface area contributed by atoms with Crippen molar-refractivity contribution in [2.24, 2.45) is 0 Å². The number of fused-ring (bicyclic) bond motifs is 1. The van der Waals surface area contributed by atoms with Crippen LogP contribution in [0.15, 0.2) is 41.0 Å². The van der Waals surface area contributed by atoms with Crippen molar-refractivity contribution in [3.8, 4) is 16.9 Å². The molecule has 5 nitrogen and oxygen atoms in total. The first-order valence-electron chi connectivity index (χ1n) is 11.1. The largest absolute Gasteiger partial charge is 0.496 e. The summed E-state index contributed by atoms with van der Waals surface area (Å²) in [4.78, 5) is 17.1. The number of allylic oxidation sites excluding steroid dienone is 1. The summed E-state index contributed by atoms with van der Waals surface area (Å²) in [5, 5.41) is 1.03. The van der Waals surface area contributed by atoms with Gasteiger partial charge in [0.1, 0.15) is 11.3 Å². The molecular formula is C27H32N2O3. The molecule has 1 aromatic heterocycles. The third kappa shape index (κ3) is 4.05. The van der Waals surface area contributed by atoms with Crippen molar-refractivity contribution in [3.05, 3.63) is 58.9 Å². The Bertz CT molecular complexity index is 1200. The molecule has 168 valence electrons. The quantitative estimate of drug-likeness (QED) is 0.531. The fourth-order valence-electron chi connectivity index (χ4n) is 4.58. The lowest BCUT2D eigenvalue weighted by molar-refractivity contribution is -0.127. The normalized spacial score (nSPS) is 15.4. The van der Waals surface area contributed by atoms with Crippen LogP contribution in [0.25, 0.3) is 27.7 Å². The van der Waals surface area contributed by atoms with Crippen LogP contribution in [0.2, 0.25) is 0 Å². The Balaban J connectivity index is 1.79. The summed E-state index contributed by atoms with van der Waals surface area (Å²) in [6.45, 7) is 11.5. The van der Waals surface area contributed by atoms with Gasteiger partial charge in [-0.15, -0.1) is 0 Å². The van der Waals surface area contributed by atoms with Gasteiger partial charge < -0.3 is 19.0 Å². The highest BCUT2D eigenvalue weighted by molar-refractivity contribution is 6.02. The van der Waals surface area contributed by atoms with Crippen LogP contribution in [0.5, 0.6) is 5.75 Å². The highest BCUT2D eigenvalue weighted by Gasteiger charge is 2.21. The second kappa shape index (κ2) is 8.83. The number of benzene rings is 2. The third-order valence-electron chi connectivity index (χ3n) is 6.50. The molecule has 2 heterocycles. The average Bonchev–Trinajstić information content (AvgIpc) is 3.18. The number of nitrogens with zero attached hydrogens (tertiary/aromatic N) is 2. The van der Waals surface area contributed by atoms with Crippen LogP contribution >= 0.6 is 0 Å². The Morgan fingerprint density at radius 3 is 2.44 bits per heavy atom. The number of amides is 1. The molecule has 1 aliphatic heterocycles. The Morgan fingerprint density at radius 2 is 1.78 bits per heavy atom. The first-order chi connectivity index (χ1) is 15.3. The molecule has 1 aliphatic rings. The van der Waals surface area contributed by atoms with E-state index in [0.29, 0.717) is 0 Å². The standard InChI is InChI=1S/C27H32N2O3/c1-17-7-8-21(18(2)13-17)24-16-32-27-20(4)26(31-6)22(15-23(24)27)19(3)14-25(30)29-11-9-28(5)10-12-29/h7-8,13-16H,9-12H2,1-6H3/b19-14+. The number of hydrogen-bond donors (Lipinski definition) is 0. The summed E-state index contributed by atoms with van der Waals surface area (Å²) in [6.07, 6.45) is 3.57. The van der Waals surface area contributed by atoms with Crippen molar-refractivity contribution in [2.75, 3.05) is 40.3 Å². The van der Waals surface area contributed by atoms with Crippen molar-refractivity contribution in [1.29, 1.82) is 0 Å². The van der Waals surface area contributed by atoms with Gasteiger partial charge in [-0.1, -0.05) is 23.8 Å². The number of carbonyl (C=O) groups is 1. The van der Waals surface area contributed by atoms with Crippen LogP contribution in [-0.4, -0.2) is 56.0 Å². The zero-order valence-corrected chi connectivity index (χ0v) is 19.9. The molecule has 0 N–H and O–H groups in total. The predicted molar refractivity (Wildman–Crippen MR) is 130 cm³/mol. The summed E-state index contributed by atoms with van der Waals surface area (Å²) in [7, 11) is 3.76. The molecule has 0 radical (unpaired) electrons. The number of methoxy groups -OCH3 is 1. The van der Waals surface area contributed by atoms with E-state index in [2.05, 4.69) is 50.1 Å². The van der Waals surface area contributed by atoms with E-state index in [1.54, 1.807) is 13.2 Å². The number of piperazine rings is 1. The fourth-order valence-corrected chi connectivity index (χ4v) is 4.58. The van der Waals surface area contributed by atoms with Crippen LogP contribution in [0.4, 0.5) is 0 Å². The van der Waals surface area contributed by atoms with Gasteiger partial charge in [-0.25, -0.2) is 0 Å². The molecule has 1 saturated heterocycles. The molecule has 0 unspecified atom stereocenters. The molecule has 1 fully saturated rings. The number of likely N-dealkylation sites (N-methyl/N-ethyl adjacent to an activating group) is 1. The maximum Gasteiger partial charge on any atom is 0.246 e. The maximum absolute atomic E-state index is 12.9. The van der Waals surface area contributed by atoms with Gasteiger partial charge in [-0.05, 0) is 57.5 Å². The van der Waals surface area contributed by atoms with Crippen molar-refractivity contribution in [2.45, 2.75) is 27.7 Å². The van der Waals surface area contributed by atoms with E-state index in [1.165, 1.54) is 11.1 Å². The molecule has 0 aliphatic carbocycles. The van der Waals surface area contributed by atoms with Crippen molar-refractivity contribution in [3.63, 3.8) is 0 Å². The summed E-state index contributed by atoms with van der Waals surface area (Å²) >= 11 is 0. The number of furan rings is 1. The molecule has 3 aromatic rings. The van der Waals surface area contributed by atoms with Gasteiger partial charge in [0.05, 0.1) is 13.4 Å². The lowest BCUT2D eigenvalue weighted by atomic mass is 9.94. The van der Waals surface area contributed by atoms with Gasteiger partial charge in [0.15, 0.2) is 0 Å². The van der Waals surface area contributed by atoms with Gasteiger partial charge in [0, 0.05) is 54.3 Å². The first kappa shape index (κ1) is 22.2. The van der Waals surface area contributed by atoms with Crippen LogP contribution < -0.4 is 4.74 Å². The Kier molecular flexibility index (Phi) is 6.11. The van der Waals surface area contributed by atoms with Crippen molar-refractivity contribution in [1.82, 2.24) is 9.80 Å². The van der Waals surface area contributed by atoms with Crippen LogP contribution in [-0.2, 0) is 4.79 Å². The minimum absolute atomic E-state index is 0.0530. The second-order valence-electron chi connectivity index (χ2n) is 8.88. The Hall–Kier alpha value is -3.05. The summed E-state index contributed by atoms with van der Waals surface area (Å²) < 4.78 is 11.8. The number of ether oxygens (including phenoxy) is 1. The first-order valence-corrected chi connectivity index (χ1v) is 11.1. The molecule has 0 bridgehead atoms. The fraction of sp³-hybridized carbons (Fsp3) is 0.370. The molecule has 5 heteroatoms. The highest BCUT2D eigenvalue weighted by Crippen LogP contribution is 2.41. The van der Waals surface area contributed by atoms with E-state index in [0.717, 1.165) is 70.7 Å². The summed E-state index contributed by atoms with van der Waals surface area (Å²) in [5.41, 5.74) is 8.23. The maximum atomic E-state index is 12.9. The third-order valence-corrected chi connectivity index (χ3v) is 6.50. The van der Waals surface area contributed by atoms with Crippen LogP contribution in [0.3, 0.4) is 0 Å². The number of rotatable bonds is 4. The van der Waals surface area contributed by atoms with E-state index in [9.17, 15) is 4.79 Å². The summed E-state index contributed by atoms with van der Waals surface area (Å²) in [5.74, 6) is 0.802. The topological polar surface area (TPSA) is 45.9 Å². The lowest BCUT2D eigenvalue weighted by Gasteiger charge is -2.31. The minimum atomic E-state index is 0.0530. The number of aryl methyl sites for hydroxylation is 3. The van der Waals surface area contributed by atoms with Gasteiger partial charge in [-0.2, -0.15) is 0 Å². The molecule has 0 spiro atoms. The van der Waals surface area contributed by atoms with E-state index in [-0.39, 0.29) is 5.91 Å². The average molecular weight is 433 g/mol. The molecule has 32 heavy (non-hydrogen) atoms. The van der Waals surface area contributed by atoms with E-state index in [4.69, 9.17) is 9.15 Å². The number of hydrogen-bond acceptors (Lipinski definition) is 4. The minimum Gasteiger partial charge on any atom is -0.496 e. The second-order valence-corrected chi connectivity index (χ2v) is 8.88. The van der Waals surface area contributed by atoms with Crippen LogP contribution in [0, 0.1) is 20.8 Å². The highest BCUT2D eigenvalue weighted by atomic mass is 16.5. The van der Waals surface area contributed by atoms with Gasteiger partial charge >= 0.3 is 0 Å². The van der Waals surface area contributed by atoms with Crippen molar-refractivity contribution < 1.29 is 13.9 Å². The molecule has 1 amide bonds. The van der Waals surface area contributed by atoms with Crippen LogP contribution in [0.1, 0.15) is 29.2 Å². The smallest absolute Gasteiger partial charge is 0.246 e. The predicted octanol–water partition coefficient (Wildman–Crippen LogP) is 5.21. The zero-order valence-electron chi connectivity index (χ0n) is 19.9. The molecule has 0 saturated carbocycles. The van der Waals surface area contributed by atoms with Gasteiger partial charge in [0.2, 0.25) is 5.91 Å². The summed E-state index contributed by atoms with van der Waals surface area (Å²) in [6, 6.07) is 8.56. The van der Waals surface area contributed by atoms with Crippen molar-refractivity contribution >= 4 is 22.4 Å². The van der Waals surface area contributed by atoms with E-state index >= 15 is 0 Å². The van der Waals surface area contributed by atoms with Gasteiger partial charge in [0.25, 0.3) is 0 Å². The molecule has 4 rings (SSSR count). The lowest BCUT2D eigenvalue weighted by Crippen LogP contribution is -2.46.